The van der Waals surface area contributed by atoms with Crippen molar-refractivity contribution in [1.82, 2.24) is 4.90 Å². The Hall–Kier alpha value is -1.33. The highest BCUT2D eigenvalue weighted by molar-refractivity contribution is 5.80. The van der Waals surface area contributed by atoms with Crippen molar-refractivity contribution in [3.8, 4) is 0 Å². The molecule has 2 N–H and O–H groups in total. The maximum absolute atomic E-state index is 11.7. The number of nitrogens with zero attached hydrogens (tertiary/aromatic N) is 1. The van der Waals surface area contributed by atoms with Gasteiger partial charge in [-0.3, -0.25) is 4.79 Å². The molecular weight excluding hydrogens is 196 g/mol. The van der Waals surface area contributed by atoms with Crippen LogP contribution in [0.2, 0.25) is 0 Å². The third-order valence-electron chi connectivity index (χ3n) is 2.12. The van der Waals surface area contributed by atoms with Crippen LogP contribution in [0.1, 0.15) is 5.76 Å². The largest absolute Gasteiger partial charge is 0.467 e. The number of methoxy groups -OCH3 is 1. The number of nitrogens with two attached hydrogens (primary N) is 1. The van der Waals surface area contributed by atoms with Crippen LogP contribution in [-0.2, 0) is 16.1 Å². The molecule has 1 rings (SSSR count). The highest BCUT2D eigenvalue weighted by Gasteiger charge is 2.20. The quantitative estimate of drug-likeness (QED) is 0.757. The average Bonchev–Trinajstić information content (AvgIpc) is 2.72. The second-order valence-corrected chi connectivity index (χ2v) is 3.23. The molecule has 0 saturated carbocycles. The molecule has 5 nitrogen and oxygen atoms in total. The fourth-order valence-electron chi connectivity index (χ4n) is 1.26. The normalized spacial score (nSPS) is 12.5. The first-order valence-electron chi connectivity index (χ1n) is 4.69. The van der Waals surface area contributed by atoms with Crippen molar-refractivity contribution in [2.24, 2.45) is 5.73 Å². The molecule has 0 bridgehead atoms. The zero-order chi connectivity index (χ0) is 11.3. The van der Waals surface area contributed by atoms with Crippen LogP contribution >= 0.6 is 0 Å². The summed E-state index contributed by atoms with van der Waals surface area (Å²) in [5, 5.41) is 0. The fourth-order valence-corrected chi connectivity index (χ4v) is 1.26. The van der Waals surface area contributed by atoms with Gasteiger partial charge in [0.05, 0.1) is 12.8 Å². The van der Waals surface area contributed by atoms with Crippen molar-refractivity contribution < 1.29 is 13.9 Å². The van der Waals surface area contributed by atoms with Gasteiger partial charge in [-0.1, -0.05) is 0 Å². The van der Waals surface area contributed by atoms with Crippen LogP contribution in [0, 0.1) is 0 Å². The summed E-state index contributed by atoms with van der Waals surface area (Å²) in [7, 11) is 3.16. The van der Waals surface area contributed by atoms with Gasteiger partial charge in [-0.2, -0.15) is 0 Å². The smallest absolute Gasteiger partial charge is 0.253 e. The minimum absolute atomic E-state index is 0.142. The molecule has 0 aliphatic carbocycles. The van der Waals surface area contributed by atoms with Crippen molar-refractivity contribution in [3.05, 3.63) is 24.2 Å². The predicted octanol–water partition coefficient (Wildman–Crippen LogP) is 0.212. The molecule has 1 unspecified atom stereocenters. The summed E-state index contributed by atoms with van der Waals surface area (Å²) in [5.41, 5.74) is 5.40. The summed E-state index contributed by atoms with van der Waals surface area (Å²) in [6, 6.07) is 3.60. The number of hydrogen-bond acceptors (Lipinski definition) is 4. The maximum Gasteiger partial charge on any atom is 0.253 e. The molecule has 0 aromatic carbocycles. The number of carbonyl (C=O) groups excluding carboxylic acids is 1. The Morgan fingerprint density at radius 2 is 2.47 bits per heavy atom. The second kappa shape index (κ2) is 5.53. The van der Waals surface area contributed by atoms with Crippen LogP contribution in [0.5, 0.6) is 0 Å². The monoisotopic (exact) mass is 212 g/mol. The summed E-state index contributed by atoms with van der Waals surface area (Å²) >= 11 is 0. The van der Waals surface area contributed by atoms with Crippen molar-refractivity contribution in [3.63, 3.8) is 0 Å². The highest BCUT2D eigenvalue weighted by atomic mass is 16.5. The van der Waals surface area contributed by atoms with E-state index in [4.69, 9.17) is 14.9 Å². The van der Waals surface area contributed by atoms with E-state index in [1.165, 1.54) is 12.0 Å². The van der Waals surface area contributed by atoms with Gasteiger partial charge in [0.15, 0.2) is 0 Å². The van der Waals surface area contributed by atoms with Crippen LogP contribution in [0.3, 0.4) is 0 Å². The van der Waals surface area contributed by atoms with Crippen molar-refractivity contribution in [1.29, 1.82) is 0 Å². The van der Waals surface area contributed by atoms with Crippen LogP contribution in [0.15, 0.2) is 22.8 Å². The lowest BCUT2D eigenvalue weighted by atomic mass is 10.3. The van der Waals surface area contributed by atoms with Crippen LogP contribution in [0.4, 0.5) is 0 Å². The summed E-state index contributed by atoms with van der Waals surface area (Å²) in [4.78, 5) is 13.2. The Bertz CT molecular complexity index is 294. The van der Waals surface area contributed by atoms with Crippen LogP contribution in [-0.4, -0.2) is 37.6 Å². The number of furan rings is 1. The van der Waals surface area contributed by atoms with Crippen molar-refractivity contribution in [2.75, 3.05) is 20.7 Å². The van der Waals surface area contributed by atoms with Gasteiger partial charge in [0.2, 0.25) is 0 Å². The molecule has 1 aromatic rings. The van der Waals surface area contributed by atoms with E-state index in [1.54, 1.807) is 19.4 Å². The van der Waals surface area contributed by atoms with Gasteiger partial charge in [0, 0.05) is 20.7 Å². The number of rotatable bonds is 5. The van der Waals surface area contributed by atoms with Gasteiger partial charge in [-0.15, -0.1) is 0 Å². The second-order valence-electron chi connectivity index (χ2n) is 3.23. The fraction of sp³-hybridized carbons (Fsp3) is 0.500. The molecule has 1 heterocycles. The molecule has 0 aliphatic heterocycles. The zero-order valence-electron chi connectivity index (χ0n) is 8.97. The minimum atomic E-state index is -0.579. The van der Waals surface area contributed by atoms with Gasteiger partial charge < -0.3 is 19.8 Å². The summed E-state index contributed by atoms with van der Waals surface area (Å²) in [6.45, 7) is 0.601. The lowest BCUT2D eigenvalue weighted by Crippen LogP contribution is -2.41. The van der Waals surface area contributed by atoms with E-state index < -0.39 is 6.10 Å². The van der Waals surface area contributed by atoms with Gasteiger partial charge >= 0.3 is 0 Å². The Labute approximate surface area is 88.8 Å². The molecule has 0 aliphatic rings. The topological polar surface area (TPSA) is 68.7 Å². The van der Waals surface area contributed by atoms with Gasteiger partial charge in [-0.25, -0.2) is 0 Å². The Balaban J connectivity index is 2.53. The van der Waals surface area contributed by atoms with E-state index in [0.717, 1.165) is 5.76 Å². The van der Waals surface area contributed by atoms with E-state index in [0.29, 0.717) is 6.54 Å². The molecule has 15 heavy (non-hydrogen) atoms. The first-order valence-corrected chi connectivity index (χ1v) is 4.69. The van der Waals surface area contributed by atoms with E-state index in [-0.39, 0.29) is 12.5 Å². The summed E-state index contributed by atoms with van der Waals surface area (Å²) in [5.74, 6) is 0.592. The molecule has 0 fully saturated rings. The van der Waals surface area contributed by atoms with Gasteiger partial charge in [0.1, 0.15) is 11.9 Å². The number of likely N-dealkylation sites (N-methyl/N-ethyl adjacent to an activating group) is 1. The molecule has 0 radical (unpaired) electrons. The van der Waals surface area contributed by atoms with Gasteiger partial charge in [-0.05, 0) is 12.1 Å². The van der Waals surface area contributed by atoms with E-state index in [2.05, 4.69) is 0 Å². The van der Waals surface area contributed by atoms with E-state index >= 15 is 0 Å². The SMILES string of the molecule is COC(CN)C(=O)N(C)Cc1ccco1. The van der Waals surface area contributed by atoms with Crippen molar-refractivity contribution in [2.45, 2.75) is 12.6 Å². The summed E-state index contributed by atoms with van der Waals surface area (Å²) < 4.78 is 10.1. The van der Waals surface area contributed by atoms with Crippen LogP contribution < -0.4 is 5.73 Å². The third kappa shape index (κ3) is 3.07. The standard InChI is InChI=1S/C10H16N2O3/c1-12(7-8-4-3-5-15-8)10(13)9(6-11)14-2/h3-5,9H,6-7,11H2,1-2H3. The number of amides is 1. The predicted molar refractivity (Wildman–Crippen MR) is 55.0 cm³/mol. The van der Waals surface area contributed by atoms with E-state index in [1.807, 2.05) is 6.07 Å². The number of ether oxygens (including phenoxy) is 1. The lowest BCUT2D eigenvalue weighted by molar-refractivity contribution is -0.140. The molecule has 84 valence electrons. The highest BCUT2D eigenvalue weighted by Crippen LogP contribution is 2.05. The third-order valence-corrected chi connectivity index (χ3v) is 2.12. The molecule has 1 aromatic heterocycles. The van der Waals surface area contributed by atoms with Crippen LogP contribution in [0.25, 0.3) is 0 Å². The molecule has 0 saturated heterocycles. The number of carbonyl (C=O) groups is 1. The van der Waals surface area contributed by atoms with E-state index in [9.17, 15) is 4.79 Å². The first kappa shape index (κ1) is 11.7. The molecule has 1 atom stereocenters. The van der Waals surface area contributed by atoms with Gasteiger partial charge in [0.25, 0.3) is 5.91 Å². The molecular formula is C10H16N2O3. The molecule has 1 amide bonds. The summed E-state index contributed by atoms with van der Waals surface area (Å²) in [6.07, 6.45) is 0.995. The Morgan fingerprint density at radius 3 is 2.93 bits per heavy atom. The lowest BCUT2D eigenvalue weighted by Gasteiger charge is -2.20. The number of hydrogen-bond donors (Lipinski definition) is 1. The average molecular weight is 212 g/mol. The maximum atomic E-state index is 11.7. The molecule has 0 spiro atoms. The first-order chi connectivity index (χ1) is 7.19. The van der Waals surface area contributed by atoms with Crippen molar-refractivity contribution >= 4 is 5.91 Å². The Kier molecular flexibility index (Phi) is 4.33. The minimum Gasteiger partial charge on any atom is -0.467 e. The Morgan fingerprint density at radius 1 is 1.73 bits per heavy atom. The molecule has 5 heteroatoms. The zero-order valence-corrected chi connectivity index (χ0v) is 8.97.